The molecule has 1 aromatic rings. The molecule has 14 heavy (non-hydrogen) atoms. The van der Waals surface area contributed by atoms with Gasteiger partial charge in [-0.1, -0.05) is 12.2 Å². The molecule has 0 radical (unpaired) electrons. The van der Waals surface area contributed by atoms with Crippen molar-refractivity contribution in [2.75, 3.05) is 0 Å². The summed E-state index contributed by atoms with van der Waals surface area (Å²) < 4.78 is 37.0. The van der Waals surface area contributed by atoms with Crippen molar-refractivity contribution in [1.29, 1.82) is 0 Å². The van der Waals surface area contributed by atoms with Gasteiger partial charge in [0, 0.05) is 4.90 Å². The van der Waals surface area contributed by atoms with E-state index in [-0.39, 0.29) is 4.90 Å². The molecule has 0 aromatic heterocycles. The van der Waals surface area contributed by atoms with Gasteiger partial charge < -0.3 is 0 Å². The van der Waals surface area contributed by atoms with Crippen LogP contribution >= 0.6 is 12.6 Å². The second-order valence-electron chi connectivity index (χ2n) is 3.05. The lowest BCUT2D eigenvalue weighted by molar-refractivity contribution is -0.137. The van der Waals surface area contributed by atoms with Crippen molar-refractivity contribution in [2.24, 2.45) is 0 Å². The van der Waals surface area contributed by atoms with E-state index in [1.54, 1.807) is 13.0 Å². The van der Waals surface area contributed by atoms with Gasteiger partial charge in [-0.3, -0.25) is 0 Å². The topological polar surface area (TPSA) is 0 Å². The molecule has 0 atom stereocenters. The number of hydrogen-bond acceptors (Lipinski definition) is 1. The van der Waals surface area contributed by atoms with Gasteiger partial charge in [0.05, 0.1) is 5.56 Å². The molecular weight excluding hydrogens is 209 g/mol. The number of benzene rings is 1. The largest absolute Gasteiger partial charge is 0.416 e. The monoisotopic (exact) mass is 218 g/mol. The van der Waals surface area contributed by atoms with Crippen molar-refractivity contribution in [2.45, 2.75) is 18.0 Å². The van der Waals surface area contributed by atoms with Crippen molar-refractivity contribution in [3.05, 3.63) is 35.9 Å². The molecule has 0 fully saturated rings. The zero-order valence-electron chi connectivity index (χ0n) is 7.52. The van der Waals surface area contributed by atoms with Crippen molar-refractivity contribution in [3.63, 3.8) is 0 Å². The van der Waals surface area contributed by atoms with Gasteiger partial charge in [-0.25, -0.2) is 0 Å². The first kappa shape index (κ1) is 11.2. The average Bonchev–Trinajstić information content (AvgIpc) is 2.01. The van der Waals surface area contributed by atoms with Crippen LogP contribution in [0.25, 0.3) is 5.57 Å². The van der Waals surface area contributed by atoms with E-state index >= 15 is 0 Å². The minimum Gasteiger partial charge on any atom is -0.166 e. The standard InChI is InChI=1S/C10H9F3S/c1-6(2)7-3-8(10(11,12)13)5-9(14)4-7/h3-5,14H,1H2,2H3. The van der Waals surface area contributed by atoms with Gasteiger partial charge in [0.15, 0.2) is 0 Å². The highest BCUT2D eigenvalue weighted by molar-refractivity contribution is 7.80. The zero-order valence-corrected chi connectivity index (χ0v) is 8.41. The van der Waals surface area contributed by atoms with E-state index in [0.717, 1.165) is 12.1 Å². The Bertz CT molecular complexity index is 366. The summed E-state index contributed by atoms with van der Waals surface area (Å²) in [5, 5.41) is 0. The summed E-state index contributed by atoms with van der Waals surface area (Å²) in [7, 11) is 0. The maximum atomic E-state index is 12.3. The summed E-state index contributed by atoms with van der Waals surface area (Å²) in [6.07, 6.45) is -4.33. The number of rotatable bonds is 1. The van der Waals surface area contributed by atoms with Gasteiger partial charge in [-0.05, 0) is 30.7 Å². The average molecular weight is 218 g/mol. The Morgan fingerprint density at radius 3 is 2.29 bits per heavy atom. The molecule has 0 unspecified atom stereocenters. The molecule has 0 heterocycles. The lowest BCUT2D eigenvalue weighted by Crippen LogP contribution is -2.05. The van der Waals surface area contributed by atoms with Crippen LogP contribution in [-0.2, 0) is 6.18 Å². The molecule has 1 rings (SSSR count). The lowest BCUT2D eigenvalue weighted by Gasteiger charge is -2.09. The molecular formula is C10H9F3S. The lowest BCUT2D eigenvalue weighted by atomic mass is 10.1. The normalized spacial score (nSPS) is 11.5. The number of alkyl halides is 3. The van der Waals surface area contributed by atoms with Gasteiger partial charge in [0.2, 0.25) is 0 Å². The van der Waals surface area contributed by atoms with Crippen LogP contribution in [0.2, 0.25) is 0 Å². The maximum Gasteiger partial charge on any atom is 0.416 e. The van der Waals surface area contributed by atoms with Crippen LogP contribution in [0, 0.1) is 0 Å². The fraction of sp³-hybridized carbons (Fsp3) is 0.200. The van der Waals surface area contributed by atoms with Gasteiger partial charge in [-0.15, -0.1) is 12.6 Å². The van der Waals surface area contributed by atoms with Gasteiger partial charge >= 0.3 is 6.18 Å². The molecule has 0 saturated heterocycles. The molecule has 0 nitrogen and oxygen atoms in total. The van der Waals surface area contributed by atoms with Crippen molar-refractivity contribution >= 4 is 18.2 Å². The fourth-order valence-corrected chi connectivity index (χ4v) is 1.30. The Morgan fingerprint density at radius 2 is 1.86 bits per heavy atom. The predicted octanol–water partition coefficient (Wildman–Crippen LogP) is 4.03. The summed E-state index contributed by atoms with van der Waals surface area (Å²) in [5.41, 5.74) is 0.360. The predicted molar refractivity (Wildman–Crippen MR) is 53.4 cm³/mol. The number of hydrogen-bond donors (Lipinski definition) is 1. The molecule has 0 spiro atoms. The maximum absolute atomic E-state index is 12.3. The second-order valence-corrected chi connectivity index (χ2v) is 3.56. The smallest absolute Gasteiger partial charge is 0.166 e. The molecule has 4 heteroatoms. The van der Waals surface area contributed by atoms with E-state index in [0.29, 0.717) is 11.1 Å². The quantitative estimate of drug-likeness (QED) is 0.676. The molecule has 0 aliphatic rings. The van der Waals surface area contributed by atoms with Crippen molar-refractivity contribution < 1.29 is 13.2 Å². The van der Waals surface area contributed by atoms with Crippen LogP contribution in [0.4, 0.5) is 13.2 Å². The van der Waals surface area contributed by atoms with E-state index in [9.17, 15) is 13.2 Å². The van der Waals surface area contributed by atoms with Crippen LogP contribution in [0.3, 0.4) is 0 Å². The summed E-state index contributed by atoms with van der Waals surface area (Å²) in [5.74, 6) is 0. The first-order valence-corrected chi connectivity index (χ1v) is 4.32. The third-order valence-corrected chi connectivity index (χ3v) is 2.00. The van der Waals surface area contributed by atoms with Crippen LogP contribution in [0.5, 0.6) is 0 Å². The summed E-state index contributed by atoms with van der Waals surface area (Å²) in [4.78, 5) is 0.290. The highest BCUT2D eigenvalue weighted by atomic mass is 32.1. The molecule has 0 bridgehead atoms. The van der Waals surface area contributed by atoms with E-state index in [1.807, 2.05) is 0 Å². The fourth-order valence-electron chi connectivity index (χ4n) is 1.02. The Morgan fingerprint density at radius 1 is 1.29 bits per heavy atom. The second kappa shape index (κ2) is 3.69. The summed E-state index contributed by atoms with van der Waals surface area (Å²) in [6.45, 7) is 5.24. The van der Waals surface area contributed by atoms with Gasteiger partial charge in [0.1, 0.15) is 0 Å². The Balaban J connectivity index is 3.28. The van der Waals surface area contributed by atoms with Crippen LogP contribution in [0.1, 0.15) is 18.1 Å². The van der Waals surface area contributed by atoms with Crippen LogP contribution in [0.15, 0.2) is 29.7 Å². The van der Waals surface area contributed by atoms with E-state index in [1.165, 1.54) is 0 Å². The minimum atomic E-state index is -4.33. The van der Waals surface area contributed by atoms with Crippen molar-refractivity contribution in [3.8, 4) is 0 Å². The third-order valence-electron chi connectivity index (χ3n) is 1.74. The highest BCUT2D eigenvalue weighted by Gasteiger charge is 2.30. The molecule has 0 amide bonds. The number of halogens is 3. The Labute approximate surface area is 85.9 Å². The highest BCUT2D eigenvalue weighted by Crippen LogP contribution is 2.32. The van der Waals surface area contributed by atoms with E-state index in [4.69, 9.17) is 0 Å². The van der Waals surface area contributed by atoms with Crippen LogP contribution < -0.4 is 0 Å². The minimum absolute atomic E-state index is 0.290. The molecule has 0 aliphatic carbocycles. The first-order valence-electron chi connectivity index (χ1n) is 3.88. The molecule has 76 valence electrons. The summed E-state index contributed by atoms with van der Waals surface area (Å²) in [6, 6.07) is 3.62. The number of allylic oxidation sites excluding steroid dienone is 1. The number of thiol groups is 1. The molecule has 1 aromatic carbocycles. The third kappa shape index (κ3) is 2.54. The van der Waals surface area contributed by atoms with Gasteiger partial charge in [-0.2, -0.15) is 13.2 Å². The van der Waals surface area contributed by atoms with E-state index in [2.05, 4.69) is 19.2 Å². The SMILES string of the molecule is C=C(C)c1cc(S)cc(C(F)(F)F)c1. The Hall–Kier alpha value is -0.900. The van der Waals surface area contributed by atoms with Crippen LogP contribution in [-0.4, -0.2) is 0 Å². The zero-order chi connectivity index (χ0) is 10.9. The van der Waals surface area contributed by atoms with E-state index < -0.39 is 11.7 Å². The Kier molecular flexibility index (Phi) is 2.95. The van der Waals surface area contributed by atoms with Crippen molar-refractivity contribution in [1.82, 2.24) is 0 Å². The summed E-state index contributed by atoms with van der Waals surface area (Å²) >= 11 is 3.91. The molecule has 0 aliphatic heterocycles. The molecule has 0 N–H and O–H groups in total. The molecule has 0 saturated carbocycles. The van der Waals surface area contributed by atoms with Gasteiger partial charge in [0.25, 0.3) is 0 Å². The first-order chi connectivity index (χ1) is 6.30.